The molecule has 1 aromatic carbocycles. The van der Waals surface area contributed by atoms with E-state index in [0.717, 1.165) is 10.7 Å². The summed E-state index contributed by atoms with van der Waals surface area (Å²) in [5.41, 5.74) is -1.47. The van der Waals surface area contributed by atoms with E-state index in [9.17, 15) is 18.0 Å². The van der Waals surface area contributed by atoms with Crippen molar-refractivity contribution in [3.63, 3.8) is 0 Å². The highest BCUT2D eigenvalue weighted by Crippen LogP contribution is 2.34. The number of H-pyrrole nitrogens is 1. The zero-order valence-corrected chi connectivity index (χ0v) is 10.2. The van der Waals surface area contributed by atoms with Gasteiger partial charge in [-0.15, -0.1) is 0 Å². The number of aromatic amines is 1. The van der Waals surface area contributed by atoms with Gasteiger partial charge in [0.25, 0.3) is 0 Å². The molecule has 0 radical (unpaired) electrons. The Labute approximate surface area is 106 Å². The van der Waals surface area contributed by atoms with Gasteiger partial charge >= 0.3 is 11.9 Å². The third-order valence-corrected chi connectivity index (χ3v) is 3.12. The molecule has 0 saturated heterocycles. The average Bonchev–Trinajstić information content (AvgIpc) is 2.63. The van der Waals surface area contributed by atoms with Gasteiger partial charge in [-0.05, 0) is 45.2 Å². The number of halogens is 4. The van der Waals surface area contributed by atoms with Crippen LogP contribution in [0, 0.1) is 3.57 Å². The van der Waals surface area contributed by atoms with Crippen molar-refractivity contribution in [2.75, 3.05) is 0 Å². The molecule has 1 N–H and O–H groups in total. The maximum absolute atomic E-state index is 12.6. The van der Waals surface area contributed by atoms with E-state index in [0.29, 0.717) is 0 Å². The van der Waals surface area contributed by atoms with E-state index in [1.807, 2.05) is 5.10 Å². The Morgan fingerprint density at radius 2 is 2.06 bits per heavy atom. The SMILES string of the molecule is O=c1[nH]nnn1-c1cccc(C(F)(F)F)c1I. The van der Waals surface area contributed by atoms with E-state index in [1.54, 1.807) is 0 Å². The molecule has 0 aliphatic carbocycles. The monoisotopic (exact) mass is 356 g/mol. The molecule has 2 rings (SSSR count). The smallest absolute Gasteiger partial charge is 0.244 e. The Balaban J connectivity index is 2.66. The lowest BCUT2D eigenvalue weighted by Crippen LogP contribution is -2.19. The highest BCUT2D eigenvalue weighted by molar-refractivity contribution is 14.1. The maximum Gasteiger partial charge on any atom is 0.417 e. The number of nitrogens with zero attached hydrogens (tertiary/aromatic N) is 3. The van der Waals surface area contributed by atoms with Gasteiger partial charge < -0.3 is 0 Å². The molecule has 90 valence electrons. The normalized spacial score (nSPS) is 11.8. The minimum atomic E-state index is -4.47. The van der Waals surface area contributed by atoms with Crippen LogP contribution in [-0.4, -0.2) is 20.2 Å². The van der Waals surface area contributed by atoms with Crippen LogP contribution in [0.4, 0.5) is 13.2 Å². The van der Waals surface area contributed by atoms with Gasteiger partial charge in [0.1, 0.15) is 0 Å². The second-order valence-corrected chi connectivity index (χ2v) is 4.13. The topological polar surface area (TPSA) is 63.6 Å². The largest absolute Gasteiger partial charge is 0.417 e. The molecule has 17 heavy (non-hydrogen) atoms. The number of benzene rings is 1. The molecule has 0 aliphatic rings. The number of rotatable bonds is 1. The predicted molar refractivity (Wildman–Crippen MR) is 59.7 cm³/mol. The van der Waals surface area contributed by atoms with Gasteiger partial charge in [-0.2, -0.15) is 17.9 Å². The number of nitrogens with one attached hydrogen (secondary N) is 1. The van der Waals surface area contributed by atoms with Crippen molar-refractivity contribution in [1.82, 2.24) is 20.2 Å². The second kappa shape index (κ2) is 4.13. The van der Waals surface area contributed by atoms with Crippen LogP contribution in [0.25, 0.3) is 5.69 Å². The van der Waals surface area contributed by atoms with Crippen LogP contribution in [-0.2, 0) is 6.18 Å². The van der Waals surface area contributed by atoms with E-state index in [-0.39, 0.29) is 9.26 Å². The van der Waals surface area contributed by atoms with Crippen LogP contribution in [0.2, 0.25) is 0 Å². The van der Waals surface area contributed by atoms with Crippen molar-refractivity contribution in [3.05, 3.63) is 37.8 Å². The van der Waals surface area contributed by atoms with Gasteiger partial charge in [0.15, 0.2) is 0 Å². The Hall–Kier alpha value is -1.39. The summed E-state index contributed by atoms with van der Waals surface area (Å²) in [6.45, 7) is 0. The van der Waals surface area contributed by atoms with Crippen molar-refractivity contribution in [2.45, 2.75) is 6.18 Å². The molecule has 1 aromatic heterocycles. The molecule has 1 heterocycles. The summed E-state index contributed by atoms with van der Waals surface area (Å²) in [4.78, 5) is 11.2. The minimum Gasteiger partial charge on any atom is -0.244 e. The predicted octanol–water partition coefficient (Wildman–Crippen LogP) is 1.58. The zero-order chi connectivity index (χ0) is 12.6. The standard InChI is InChI=1S/C8H4F3IN4O/c9-8(10,11)4-2-1-3-5(6(4)12)16-7(17)13-14-15-16/h1-3H,(H,13,15,17). The van der Waals surface area contributed by atoms with E-state index in [4.69, 9.17) is 0 Å². The molecule has 0 bridgehead atoms. The average molecular weight is 356 g/mol. The summed E-state index contributed by atoms with van der Waals surface area (Å²) in [6.07, 6.45) is -4.47. The number of alkyl halides is 3. The van der Waals surface area contributed by atoms with Gasteiger partial charge in [0.2, 0.25) is 0 Å². The lowest BCUT2D eigenvalue weighted by Gasteiger charge is -2.11. The Morgan fingerprint density at radius 1 is 1.35 bits per heavy atom. The van der Waals surface area contributed by atoms with Gasteiger partial charge in [0, 0.05) is 0 Å². The van der Waals surface area contributed by atoms with Crippen LogP contribution in [0.5, 0.6) is 0 Å². The van der Waals surface area contributed by atoms with E-state index in [2.05, 4.69) is 10.4 Å². The molecule has 5 nitrogen and oxygen atoms in total. The Bertz CT molecular complexity index is 603. The quantitative estimate of drug-likeness (QED) is 0.790. The van der Waals surface area contributed by atoms with Crippen LogP contribution in [0.15, 0.2) is 23.0 Å². The molecule has 2 aromatic rings. The third-order valence-electron chi connectivity index (χ3n) is 1.98. The highest BCUT2D eigenvalue weighted by atomic mass is 127. The van der Waals surface area contributed by atoms with Crippen LogP contribution in [0.1, 0.15) is 5.56 Å². The maximum atomic E-state index is 12.6. The second-order valence-electron chi connectivity index (χ2n) is 3.05. The van der Waals surface area contributed by atoms with Crippen molar-refractivity contribution in [1.29, 1.82) is 0 Å². The number of aromatic nitrogens is 4. The minimum absolute atomic E-state index is 0.0409. The zero-order valence-electron chi connectivity index (χ0n) is 7.99. The van der Waals surface area contributed by atoms with Gasteiger partial charge in [-0.25, -0.2) is 9.89 Å². The molecular formula is C8H4F3IN4O. The van der Waals surface area contributed by atoms with Gasteiger partial charge in [-0.1, -0.05) is 6.07 Å². The summed E-state index contributed by atoms with van der Waals surface area (Å²) in [6, 6.07) is 3.51. The van der Waals surface area contributed by atoms with Gasteiger partial charge in [0.05, 0.1) is 14.8 Å². The lowest BCUT2D eigenvalue weighted by molar-refractivity contribution is -0.138. The van der Waals surface area contributed by atoms with Crippen LogP contribution < -0.4 is 5.69 Å². The van der Waals surface area contributed by atoms with Crippen LogP contribution >= 0.6 is 22.6 Å². The Kier molecular flexibility index (Phi) is 2.93. The first-order valence-corrected chi connectivity index (χ1v) is 5.35. The highest BCUT2D eigenvalue weighted by Gasteiger charge is 2.34. The summed E-state index contributed by atoms with van der Waals surface area (Å²) >= 11 is 1.52. The molecule has 0 atom stereocenters. The molecule has 0 fully saturated rings. The summed E-state index contributed by atoms with van der Waals surface area (Å²) in [7, 11) is 0. The fourth-order valence-corrected chi connectivity index (χ4v) is 2.15. The van der Waals surface area contributed by atoms with Gasteiger partial charge in [-0.3, -0.25) is 0 Å². The molecule has 0 unspecified atom stereocenters. The van der Waals surface area contributed by atoms with Crippen molar-refractivity contribution in [3.8, 4) is 5.69 Å². The molecule has 0 aliphatic heterocycles. The molecule has 9 heteroatoms. The summed E-state index contributed by atoms with van der Waals surface area (Å²) in [5.74, 6) is 0. The van der Waals surface area contributed by atoms with Crippen molar-refractivity contribution < 1.29 is 13.2 Å². The van der Waals surface area contributed by atoms with Crippen molar-refractivity contribution in [2.24, 2.45) is 0 Å². The van der Waals surface area contributed by atoms with Crippen molar-refractivity contribution >= 4 is 22.6 Å². The first-order chi connectivity index (χ1) is 7.91. The molecule has 0 spiro atoms. The first-order valence-electron chi connectivity index (χ1n) is 4.27. The van der Waals surface area contributed by atoms with E-state index >= 15 is 0 Å². The summed E-state index contributed by atoms with van der Waals surface area (Å²) < 4.78 is 38.6. The first kappa shape index (κ1) is 12.1. The fraction of sp³-hybridized carbons (Fsp3) is 0.125. The van der Waals surface area contributed by atoms with E-state index < -0.39 is 17.4 Å². The van der Waals surface area contributed by atoms with E-state index in [1.165, 1.54) is 34.7 Å². The number of hydrogen-bond acceptors (Lipinski definition) is 3. The lowest BCUT2D eigenvalue weighted by atomic mass is 10.2. The summed E-state index contributed by atoms with van der Waals surface area (Å²) in [5, 5.41) is 8.63. The van der Waals surface area contributed by atoms with Crippen LogP contribution in [0.3, 0.4) is 0 Å². The fourth-order valence-electron chi connectivity index (χ4n) is 1.26. The molecular weight excluding hydrogens is 352 g/mol. The Morgan fingerprint density at radius 3 is 2.59 bits per heavy atom. The molecule has 0 amide bonds. The number of tetrazole rings is 1. The number of hydrogen-bond donors (Lipinski definition) is 1. The molecule has 0 saturated carbocycles. The third kappa shape index (κ3) is 2.18.